The molecular weight excluding hydrogens is 223 g/mol. The Labute approximate surface area is 101 Å². The number of methoxy groups -OCH3 is 2. The monoisotopic (exact) mass is 240 g/mol. The maximum atomic E-state index is 12.7. The molecule has 0 radical (unpaired) electrons. The summed E-state index contributed by atoms with van der Waals surface area (Å²) in [4.78, 5) is 10.6. The van der Waals surface area contributed by atoms with Crippen molar-refractivity contribution >= 4 is 6.29 Å². The van der Waals surface area contributed by atoms with Gasteiger partial charge in [0.2, 0.25) is 0 Å². The van der Waals surface area contributed by atoms with Crippen molar-refractivity contribution in [3.8, 4) is 11.5 Å². The lowest BCUT2D eigenvalue weighted by Gasteiger charge is -2.17. The number of halogens is 1. The summed E-state index contributed by atoms with van der Waals surface area (Å²) in [5.41, 5.74) is 1.32. The second-order valence-corrected chi connectivity index (χ2v) is 3.86. The van der Waals surface area contributed by atoms with Gasteiger partial charge in [-0.05, 0) is 23.6 Å². The van der Waals surface area contributed by atoms with Crippen LogP contribution < -0.4 is 9.47 Å². The van der Waals surface area contributed by atoms with E-state index in [2.05, 4.69) is 0 Å². The standard InChI is InChI=1S/C13H17FO3/c1-9(4-5-15)11-6-10(8-14)7-12(16-2)13(11)17-3/h5-7,9H,4,8H2,1-3H3. The van der Waals surface area contributed by atoms with E-state index < -0.39 is 6.67 Å². The molecule has 0 bridgehead atoms. The highest BCUT2D eigenvalue weighted by Gasteiger charge is 2.17. The van der Waals surface area contributed by atoms with E-state index in [1.807, 2.05) is 6.92 Å². The first-order valence-electron chi connectivity index (χ1n) is 5.42. The number of benzene rings is 1. The van der Waals surface area contributed by atoms with Crippen LogP contribution in [-0.2, 0) is 11.5 Å². The predicted molar refractivity (Wildman–Crippen MR) is 63.5 cm³/mol. The molecule has 0 fully saturated rings. The molecule has 1 unspecified atom stereocenters. The molecule has 0 heterocycles. The molecule has 0 aliphatic rings. The van der Waals surface area contributed by atoms with Crippen LogP contribution in [0.3, 0.4) is 0 Å². The summed E-state index contributed by atoms with van der Waals surface area (Å²) in [6.07, 6.45) is 1.22. The maximum Gasteiger partial charge on any atom is 0.164 e. The number of alkyl halides is 1. The zero-order chi connectivity index (χ0) is 12.8. The molecule has 0 aliphatic carbocycles. The Morgan fingerprint density at radius 2 is 2.06 bits per heavy atom. The molecule has 0 amide bonds. The van der Waals surface area contributed by atoms with Crippen molar-refractivity contribution in [1.82, 2.24) is 0 Å². The van der Waals surface area contributed by atoms with E-state index in [4.69, 9.17) is 9.47 Å². The van der Waals surface area contributed by atoms with Crippen molar-refractivity contribution in [3.05, 3.63) is 23.3 Å². The number of ether oxygens (including phenoxy) is 2. The topological polar surface area (TPSA) is 35.5 Å². The summed E-state index contributed by atoms with van der Waals surface area (Å²) in [5, 5.41) is 0. The van der Waals surface area contributed by atoms with Gasteiger partial charge in [-0.2, -0.15) is 0 Å². The normalized spacial score (nSPS) is 12.0. The van der Waals surface area contributed by atoms with Crippen LogP contribution in [0.2, 0.25) is 0 Å². The van der Waals surface area contributed by atoms with E-state index in [9.17, 15) is 9.18 Å². The number of rotatable bonds is 6. The van der Waals surface area contributed by atoms with Gasteiger partial charge in [-0.15, -0.1) is 0 Å². The van der Waals surface area contributed by atoms with Crippen LogP contribution in [0.1, 0.15) is 30.4 Å². The molecule has 94 valence electrons. The van der Waals surface area contributed by atoms with E-state index >= 15 is 0 Å². The zero-order valence-electron chi connectivity index (χ0n) is 10.3. The third kappa shape index (κ3) is 2.96. The molecular formula is C13H17FO3. The third-order valence-electron chi connectivity index (χ3n) is 2.70. The van der Waals surface area contributed by atoms with Crippen LogP contribution in [0, 0.1) is 0 Å². The fraction of sp³-hybridized carbons (Fsp3) is 0.462. The Morgan fingerprint density at radius 3 is 2.53 bits per heavy atom. The van der Waals surface area contributed by atoms with E-state index in [-0.39, 0.29) is 5.92 Å². The van der Waals surface area contributed by atoms with Gasteiger partial charge in [0.05, 0.1) is 14.2 Å². The lowest BCUT2D eigenvalue weighted by molar-refractivity contribution is -0.108. The Bertz CT molecular complexity index is 390. The quantitative estimate of drug-likeness (QED) is 0.717. The van der Waals surface area contributed by atoms with Gasteiger partial charge in [0, 0.05) is 12.0 Å². The van der Waals surface area contributed by atoms with Crippen LogP contribution in [0.5, 0.6) is 11.5 Å². The SMILES string of the molecule is COc1cc(CF)cc(C(C)CC=O)c1OC. The molecule has 3 nitrogen and oxygen atoms in total. The summed E-state index contributed by atoms with van der Waals surface area (Å²) in [6.45, 7) is 1.33. The van der Waals surface area contributed by atoms with E-state index in [0.29, 0.717) is 23.5 Å². The predicted octanol–water partition coefficient (Wildman–Crippen LogP) is 2.87. The van der Waals surface area contributed by atoms with Crippen molar-refractivity contribution in [2.75, 3.05) is 14.2 Å². The van der Waals surface area contributed by atoms with E-state index in [1.165, 1.54) is 14.2 Å². The van der Waals surface area contributed by atoms with Crippen LogP contribution in [0.25, 0.3) is 0 Å². The Morgan fingerprint density at radius 1 is 1.35 bits per heavy atom. The average Bonchev–Trinajstić information content (AvgIpc) is 2.37. The number of carbonyl (C=O) groups is 1. The van der Waals surface area contributed by atoms with Gasteiger partial charge in [-0.1, -0.05) is 6.92 Å². The van der Waals surface area contributed by atoms with Crippen molar-refractivity contribution in [2.45, 2.75) is 25.9 Å². The minimum absolute atomic E-state index is 0.0251. The van der Waals surface area contributed by atoms with Crippen LogP contribution in [-0.4, -0.2) is 20.5 Å². The minimum atomic E-state index is -0.568. The molecule has 0 N–H and O–H groups in total. The van der Waals surface area contributed by atoms with Gasteiger partial charge in [0.15, 0.2) is 11.5 Å². The molecule has 0 aliphatic heterocycles. The average molecular weight is 240 g/mol. The number of hydrogen-bond donors (Lipinski definition) is 0. The van der Waals surface area contributed by atoms with Crippen molar-refractivity contribution < 1.29 is 18.7 Å². The fourth-order valence-electron chi connectivity index (χ4n) is 1.77. The largest absolute Gasteiger partial charge is 0.493 e. The highest BCUT2D eigenvalue weighted by Crippen LogP contribution is 2.37. The highest BCUT2D eigenvalue weighted by atomic mass is 19.1. The van der Waals surface area contributed by atoms with Gasteiger partial charge in [0.25, 0.3) is 0 Å². The molecule has 4 heteroatoms. The molecule has 0 spiro atoms. The second-order valence-electron chi connectivity index (χ2n) is 3.86. The molecule has 1 aromatic carbocycles. The fourth-order valence-corrected chi connectivity index (χ4v) is 1.77. The van der Waals surface area contributed by atoms with Gasteiger partial charge < -0.3 is 14.3 Å². The number of aldehydes is 1. The van der Waals surface area contributed by atoms with Gasteiger partial charge in [-0.25, -0.2) is 4.39 Å². The lowest BCUT2D eigenvalue weighted by Crippen LogP contribution is -2.02. The summed E-state index contributed by atoms with van der Waals surface area (Å²) in [5.74, 6) is 1.04. The smallest absolute Gasteiger partial charge is 0.164 e. The maximum absolute atomic E-state index is 12.7. The van der Waals surface area contributed by atoms with Gasteiger partial charge in [0.1, 0.15) is 13.0 Å². The first-order chi connectivity index (χ1) is 8.17. The molecule has 0 saturated carbocycles. The van der Waals surface area contributed by atoms with Gasteiger partial charge >= 0.3 is 0 Å². The number of hydrogen-bond acceptors (Lipinski definition) is 3. The van der Waals surface area contributed by atoms with Crippen LogP contribution >= 0.6 is 0 Å². The van der Waals surface area contributed by atoms with E-state index in [1.54, 1.807) is 12.1 Å². The Hall–Kier alpha value is -1.58. The van der Waals surface area contributed by atoms with Crippen molar-refractivity contribution in [3.63, 3.8) is 0 Å². The Balaban J connectivity index is 3.27. The number of carbonyl (C=O) groups excluding carboxylic acids is 1. The lowest BCUT2D eigenvalue weighted by atomic mass is 9.95. The molecule has 1 rings (SSSR count). The summed E-state index contributed by atoms with van der Waals surface area (Å²) >= 11 is 0. The molecule has 1 aromatic rings. The molecule has 1 atom stereocenters. The van der Waals surface area contributed by atoms with Gasteiger partial charge in [-0.3, -0.25) is 0 Å². The zero-order valence-corrected chi connectivity index (χ0v) is 10.3. The second kappa shape index (κ2) is 6.23. The first-order valence-corrected chi connectivity index (χ1v) is 5.42. The van der Waals surface area contributed by atoms with Crippen molar-refractivity contribution in [1.29, 1.82) is 0 Å². The first kappa shape index (κ1) is 13.5. The summed E-state index contributed by atoms with van der Waals surface area (Å²) in [7, 11) is 3.04. The molecule has 0 saturated heterocycles. The van der Waals surface area contributed by atoms with Crippen molar-refractivity contribution in [2.24, 2.45) is 0 Å². The minimum Gasteiger partial charge on any atom is -0.493 e. The van der Waals surface area contributed by atoms with Crippen LogP contribution in [0.15, 0.2) is 12.1 Å². The molecule has 17 heavy (non-hydrogen) atoms. The van der Waals surface area contributed by atoms with Crippen LogP contribution in [0.4, 0.5) is 4.39 Å². The van der Waals surface area contributed by atoms with E-state index in [0.717, 1.165) is 11.8 Å². The third-order valence-corrected chi connectivity index (χ3v) is 2.70. The molecule has 0 aromatic heterocycles. The summed E-state index contributed by atoms with van der Waals surface area (Å²) in [6, 6.07) is 3.32. The summed E-state index contributed by atoms with van der Waals surface area (Å²) < 4.78 is 23.2. The Kier molecular flexibility index (Phi) is 4.94. The highest BCUT2D eigenvalue weighted by molar-refractivity contribution is 5.56.